The van der Waals surface area contributed by atoms with Crippen molar-refractivity contribution in [1.29, 1.82) is 0 Å². The lowest BCUT2D eigenvalue weighted by Crippen LogP contribution is -2.20. The highest BCUT2D eigenvalue weighted by molar-refractivity contribution is 5.29. The van der Waals surface area contributed by atoms with Crippen LogP contribution in [0.3, 0.4) is 0 Å². The summed E-state index contributed by atoms with van der Waals surface area (Å²) in [5.41, 5.74) is 0.233. The molecule has 0 aliphatic rings. The van der Waals surface area contributed by atoms with Gasteiger partial charge in [-0.3, -0.25) is 0 Å². The second kappa shape index (κ2) is 6.66. The molecule has 0 spiro atoms. The number of alkyl halides is 3. The Balaban J connectivity index is 2.70. The molecule has 1 aromatic carbocycles. The molecule has 0 amide bonds. The molecule has 0 aliphatic heterocycles. The number of hydrogen-bond donors (Lipinski definition) is 1. The number of benzene rings is 1. The molecule has 1 nitrogen and oxygen atoms in total. The predicted molar refractivity (Wildman–Crippen MR) is 65.7 cm³/mol. The zero-order valence-corrected chi connectivity index (χ0v) is 10.5. The molecule has 0 heterocycles. The van der Waals surface area contributed by atoms with Crippen LogP contribution in [0, 0.1) is 0 Å². The van der Waals surface area contributed by atoms with Gasteiger partial charge in [0.05, 0.1) is 5.92 Å². The van der Waals surface area contributed by atoms with Crippen LogP contribution in [0.2, 0.25) is 0 Å². The molecule has 1 rings (SSSR count). The van der Waals surface area contributed by atoms with E-state index in [1.54, 1.807) is 0 Å². The zero-order chi connectivity index (χ0) is 13.6. The fourth-order valence-corrected chi connectivity index (χ4v) is 2.00. The molecular weight excluding hydrogens is 241 g/mol. The molecule has 0 saturated carbocycles. The Morgan fingerprint density at radius 2 is 1.67 bits per heavy atom. The molecule has 1 atom stereocenters. The molecule has 4 heteroatoms. The van der Waals surface area contributed by atoms with Crippen molar-refractivity contribution in [2.45, 2.75) is 51.1 Å². The third-order valence-electron chi connectivity index (χ3n) is 3.04. The van der Waals surface area contributed by atoms with Gasteiger partial charge in [0, 0.05) is 0 Å². The van der Waals surface area contributed by atoms with Crippen molar-refractivity contribution in [3.8, 4) is 5.75 Å². The summed E-state index contributed by atoms with van der Waals surface area (Å²) >= 11 is 0. The van der Waals surface area contributed by atoms with E-state index in [9.17, 15) is 13.2 Å². The Hall–Kier alpha value is -1.19. The molecule has 18 heavy (non-hydrogen) atoms. The Morgan fingerprint density at radius 1 is 1.06 bits per heavy atom. The molecule has 0 aromatic heterocycles. The third kappa shape index (κ3) is 4.59. The largest absolute Gasteiger partial charge is 0.508 e. The van der Waals surface area contributed by atoms with E-state index in [1.807, 2.05) is 6.92 Å². The predicted octanol–water partition coefficient (Wildman–Crippen LogP) is 5.01. The summed E-state index contributed by atoms with van der Waals surface area (Å²) < 4.78 is 38.9. The number of hydrogen-bond acceptors (Lipinski definition) is 1. The van der Waals surface area contributed by atoms with E-state index >= 15 is 0 Å². The summed E-state index contributed by atoms with van der Waals surface area (Å²) in [6.45, 7) is 2.03. The lowest BCUT2D eigenvalue weighted by atomic mass is 9.92. The standard InChI is InChI=1S/C14H19F3O/c1-2-3-4-5-6-13(14(15,16)17)11-7-9-12(18)10-8-11/h7-10,13,18H,2-6H2,1H3. The Bertz CT molecular complexity index is 343. The first-order valence-electron chi connectivity index (χ1n) is 6.30. The van der Waals surface area contributed by atoms with E-state index in [1.165, 1.54) is 24.3 Å². The van der Waals surface area contributed by atoms with Crippen molar-refractivity contribution >= 4 is 0 Å². The fourth-order valence-electron chi connectivity index (χ4n) is 2.00. The molecule has 0 aliphatic carbocycles. The van der Waals surface area contributed by atoms with Gasteiger partial charge in [-0.2, -0.15) is 13.2 Å². The van der Waals surface area contributed by atoms with E-state index in [0.717, 1.165) is 19.3 Å². The highest BCUT2D eigenvalue weighted by Crippen LogP contribution is 2.39. The molecule has 102 valence electrons. The van der Waals surface area contributed by atoms with E-state index in [4.69, 9.17) is 5.11 Å². The SMILES string of the molecule is CCCCCCC(c1ccc(O)cc1)C(F)(F)F. The Kier molecular flexibility index (Phi) is 5.51. The highest BCUT2D eigenvalue weighted by Gasteiger charge is 2.39. The van der Waals surface area contributed by atoms with Gasteiger partial charge in [0.1, 0.15) is 5.75 Å². The lowest BCUT2D eigenvalue weighted by molar-refractivity contribution is -0.152. The third-order valence-corrected chi connectivity index (χ3v) is 3.04. The Labute approximate surface area is 106 Å². The van der Waals surface area contributed by atoms with Crippen LogP contribution in [0.5, 0.6) is 5.75 Å². The van der Waals surface area contributed by atoms with Crippen LogP contribution < -0.4 is 0 Å². The molecule has 1 N–H and O–H groups in total. The zero-order valence-electron chi connectivity index (χ0n) is 10.5. The van der Waals surface area contributed by atoms with Crippen molar-refractivity contribution in [1.82, 2.24) is 0 Å². The number of phenolic OH excluding ortho intramolecular Hbond substituents is 1. The molecule has 0 saturated heterocycles. The maximum Gasteiger partial charge on any atom is 0.395 e. The van der Waals surface area contributed by atoms with Crippen molar-refractivity contribution in [3.63, 3.8) is 0 Å². The van der Waals surface area contributed by atoms with Gasteiger partial charge in [-0.05, 0) is 24.1 Å². The molecular formula is C14H19F3O. The highest BCUT2D eigenvalue weighted by atomic mass is 19.4. The van der Waals surface area contributed by atoms with Crippen molar-refractivity contribution in [2.75, 3.05) is 0 Å². The smallest absolute Gasteiger partial charge is 0.395 e. The second-order valence-electron chi connectivity index (χ2n) is 4.54. The van der Waals surface area contributed by atoms with E-state index in [0.29, 0.717) is 6.42 Å². The van der Waals surface area contributed by atoms with Crippen LogP contribution in [0.25, 0.3) is 0 Å². The van der Waals surface area contributed by atoms with E-state index in [-0.39, 0.29) is 17.7 Å². The topological polar surface area (TPSA) is 20.2 Å². The van der Waals surface area contributed by atoms with Gasteiger partial charge in [-0.15, -0.1) is 0 Å². The molecule has 0 fully saturated rings. The van der Waals surface area contributed by atoms with Gasteiger partial charge in [-0.25, -0.2) is 0 Å². The minimum absolute atomic E-state index is 0.00865. The van der Waals surface area contributed by atoms with Gasteiger partial charge in [0.25, 0.3) is 0 Å². The van der Waals surface area contributed by atoms with Crippen LogP contribution >= 0.6 is 0 Å². The quantitative estimate of drug-likeness (QED) is 0.713. The van der Waals surface area contributed by atoms with Gasteiger partial charge in [0.2, 0.25) is 0 Å². The van der Waals surface area contributed by atoms with Crippen LogP contribution in [-0.2, 0) is 0 Å². The summed E-state index contributed by atoms with van der Waals surface area (Å²) in [5.74, 6) is -1.43. The number of unbranched alkanes of at least 4 members (excludes halogenated alkanes) is 3. The number of phenols is 1. The van der Waals surface area contributed by atoms with E-state index in [2.05, 4.69) is 0 Å². The Morgan fingerprint density at radius 3 is 2.17 bits per heavy atom. The van der Waals surface area contributed by atoms with Crippen LogP contribution in [-0.4, -0.2) is 11.3 Å². The normalized spacial score (nSPS) is 13.6. The average Bonchev–Trinajstić information content (AvgIpc) is 2.29. The average molecular weight is 260 g/mol. The summed E-state index contributed by atoms with van der Waals surface area (Å²) in [4.78, 5) is 0. The first kappa shape index (κ1) is 14.9. The number of halogens is 3. The monoisotopic (exact) mass is 260 g/mol. The van der Waals surface area contributed by atoms with Crippen LogP contribution in [0.15, 0.2) is 24.3 Å². The lowest BCUT2D eigenvalue weighted by Gasteiger charge is -2.20. The minimum atomic E-state index is -4.22. The summed E-state index contributed by atoms with van der Waals surface area (Å²) in [6.07, 6.45) is -0.701. The first-order valence-corrected chi connectivity index (χ1v) is 6.30. The summed E-state index contributed by atoms with van der Waals surface area (Å²) in [6, 6.07) is 5.32. The maximum absolute atomic E-state index is 13.0. The summed E-state index contributed by atoms with van der Waals surface area (Å²) in [7, 11) is 0. The molecule has 0 bridgehead atoms. The summed E-state index contributed by atoms with van der Waals surface area (Å²) in [5, 5.41) is 9.11. The number of aromatic hydroxyl groups is 1. The molecule has 1 unspecified atom stereocenters. The minimum Gasteiger partial charge on any atom is -0.508 e. The second-order valence-corrected chi connectivity index (χ2v) is 4.54. The van der Waals surface area contributed by atoms with Crippen LogP contribution in [0.4, 0.5) is 13.2 Å². The fraction of sp³-hybridized carbons (Fsp3) is 0.571. The van der Waals surface area contributed by atoms with Crippen molar-refractivity contribution in [3.05, 3.63) is 29.8 Å². The molecule has 0 radical (unpaired) electrons. The van der Waals surface area contributed by atoms with E-state index < -0.39 is 12.1 Å². The van der Waals surface area contributed by atoms with Crippen LogP contribution in [0.1, 0.15) is 50.5 Å². The van der Waals surface area contributed by atoms with Crippen molar-refractivity contribution in [2.24, 2.45) is 0 Å². The maximum atomic E-state index is 13.0. The van der Waals surface area contributed by atoms with Gasteiger partial charge in [0.15, 0.2) is 0 Å². The van der Waals surface area contributed by atoms with Gasteiger partial charge in [-0.1, -0.05) is 44.7 Å². The van der Waals surface area contributed by atoms with Crippen molar-refractivity contribution < 1.29 is 18.3 Å². The van der Waals surface area contributed by atoms with Gasteiger partial charge < -0.3 is 5.11 Å². The van der Waals surface area contributed by atoms with Gasteiger partial charge >= 0.3 is 6.18 Å². The molecule has 1 aromatic rings. The number of rotatable bonds is 6. The first-order chi connectivity index (χ1) is 8.45.